The van der Waals surface area contributed by atoms with Crippen LogP contribution < -0.4 is 0 Å². The number of aliphatic imine (C=N–C) groups is 1. The van der Waals surface area contributed by atoms with Gasteiger partial charge in [0.25, 0.3) is 0 Å². The third-order valence-corrected chi connectivity index (χ3v) is 2.28. The van der Waals surface area contributed by atoms with E-state index in [2.05, 4.69) is 33.1 Å². The van der Waals surface area contributed by atoms with Crippen LogP contribution in [0.1, 0.15) is 11.6 Å². The second kappa shape index (κ2) is 3.30. The van der Waals surface area contributed by atoms with Gasteiger partial charge in [-0.2, -0.15) is 0 Å². The minimum absolute atomic E-state index is 0.183. The predicted molar refractivity (Wildman–Crippen MR) is 48.3 cm³/mol. The van der Waals surface area contributed by atoms with Crippen LogP contribution in [0.25, 0.3) is 0 Å². The first-order chi connectivity index (χ1) is 5.86. The summed E-state index contributed by atoms with van der Waals surface area (Å²) < 4.78 is 5.21. The van der Waals surface area contributed by atoms with Gasteiger partial charge in [-0.05, 0) is 0 Å². The van der Waals surface area contributed by atoms with E-state index in [1.165, 1.54) is 5.56 Å². The summed E-state index contributed by atoms with van der Waals surface area (Å²) in [5, 5.41) is 0. The molecule has 1 aliphatic heterocycles. The van der Waals surface area contributed by atoms with Gasteiger partial charge in [-0.3, -0.25) is 0 Å². The van der Waals surface area contributed by atoms with Crippen LogP contribution in [0, 0.1) is 0 Å². The van der Waals surface area contributed by atoms with E-state index in [1.807, 2.05) is 18.2 Å². The third-order valence-electron chi connectivity index (χ3n) is 1.81. The van der Waals surface area contributed by atoms with Crippen molar-refractivity contribution in [2.24, 2.45) is 4.99 Å². The fourth-order valence-corrected chi connectivity index (χ4v) is 1.61. The van der Waals surface area contributed by atoms with Crippen LogP contribution in [0.3, 0.4) is 0 Å². The molecule has 1 atom stereocenters. The molecule has 1 radical (unpaired) electrons. The molecule has 0 bridgehead atoms. The van der Waals surface area contributed by atoms with E-state index in [1.54, 1.807) is 0 Å². The summed E-state index contributed by atoms with van der Waals surface area (Å²) in [6.07, 6.45) is 0. The minimum atomic E-state index is 0.183. The summed E-state index contributed by atoms with van der Waals surface area (Å²) in [5.74, 6) is 0. The SMILES string of the molecule is [Se]C1=N[C@H](c2ccccc2)CO1. The summed E-state index contributed by atoms with van der Waals surface area (Å²) in [6, 6.07) is 10.3. The average molecular weight is 225 g/mol. The molecule has 0 spiro atoms. The Morgan fingerprint density at radius 3 is 2.67 bits per heavy atom. The zero-order valence-electron chi connectivity index (χ0n) is 6.43. The summed E-state index contributed by atoms with van der Waals surface area (Å²) in [4.78, 5) is 4.97. The molecule has 1 heterocycles. The van der Waals surface area contributed by atoms with E-state index in [4.69, 9.17) is 4.74 Å². The molecular weight excluding hydrogens is 217 g/mol. The first-order valence-corrected chi connectivity index (χ1v) is 4.64. The first-order valence-electron chi connectivity index (χ1n) is 3.79. The first kappa shape index (κ1) is 7.84. The molecule has 0 fully saturated rings. The van der Waals surface area contributed by atoms with Gasteiger partial charge in [-0.15, -0.1) is 0 Å². The van der Waals surface area contributed by atoms with Crippen LogP contribution in [0.4, 0.5) is 0 Å². The molecule has 2 rings (SSSR count). The van der Waals surface area contributed by atoms with Crippen LogP contribution in [-0.4, -0.2) is 27.4 Å². The summed E-state index contributed by atoms with van der Waals surface area (Å²) in [6.45, 7) is 0.659. The zero-order chi connectivity index (χ0) is 8.39. The molecule has 0 saturated carbocycles. The molecule has 0 amide bonds. The number of hydrogen-bond acceptors (Lipinski definition) is 2. The number of nitrogens with zero attached hydrogens (tertiary/aromatic N) is 1. The van der Waals surface area contributed by atoms with Gasteiger partial charge in [0.05, 0.1) is 0 Å². The second-order valence-corrected chi connectivity index (χ2v) is 3.37. The van der Waals surface area contributed by atoms with E-state index >= 15 is 0 Å². The Morgan fingerprint density at radius 1 is 1.33 bits per heavy atom. The van der Waals surface area contributed by atoms with Crippen LogP contribution in [0.15, 0.2) is 35.3 Å². The molecular formula is C9H8NOSe. The quantitative estimate of drug-likeness (QED) is 0.660. The van der Waals surface area contributed by atoms with Crippen molar-refractivity contribution in [3.05, 3.63) is 35.9 Å². The molecule has 0 unspecified atom stereocenters. The molecule has 0 N–H and O–H groups in total. The number of ether oxygens (including phenoxy) is 1. The van der Waals surface area contributed by atoms with Crippen molar-refractivity contribution in [1.82, 2.24) is 0 Å². The van der Waals surface area contributed by atoms with Crippen LogP contribution >= 0.6 is 0 Å². The van der Waals surface area contributed by atoms with Crippen molar-refractivity contribution in [1.29, 1.82) is 0 Å². The number of rotatable bonds is 1. The molecule has 2 nitrogen and oxygen atoms in total. The standard InChI is InChI=1S/C9H8NOSe/c12-9-10-8(6-11-9)7-4-2-1-3-5-7/h1-5,8H,6H2/t8-/m0/s1. The maximum atomic E-state index is 5.21. The fraction of sp³-hybridized carbons (Fsp3) is 0.222. The van der Waals surface area contributed by atoms with Crippen molar-refractivity contribution in [3.8, 4) is 0 Å². The fourth-order valence-electron chi connectivity index (χ4n) is 1.20. The van der Waals surface area contributed by atoms with Gasteiger partial charge >= 0.3 is 79.1 Å². The Bertz CT molecular complexity index is 297. The Hall–Kier alpha value is -0.791. The van der Waals surface area contributed by atoms with Crippen LogP contribution in [-0.2, 0) is 4.74 Å². The topological polar surface area (TPSA) is 21.6 Å². The van der Waals surface area contributed by atoms with Gasteiger partial charge in [0, 0.05) is 0 Å². The van der Waals surface area contributed by atoms with E-state index in [9.17, 15) is 0 Å². The van der Waals surface area contributed by atoms with Crippen LogP contribution in [0.5, 0.6) is 0 Å². The van der Waals surface area contributed by atoms with Crippen molar-refractivity contribution in [2.45, 2.75) is 6.04 Å². The van der Waals surface area contributed by atoms with Crippen molar-refractivity contribution < 1.29 is 4.74 Å². The Balaban J connectivity index is 2.22. The van der Waals surface area contributed by atoms with Gasteiger partial charge in [-0.1, -0.05) is 0 Å². The normalized spacial score (nSPS) is 21.7. The van der Waals surface area contributed by atoms with E-state index in [0.29, 0.717) is 11.4 Å². The molecule has 61 valence electrons. The average Bonchev–Trinajstić information content (AvgIpc) is 2.54. The molecule has 1 aliphatic rings. The Labute approximate surface area is 79.5 Å². The van der Waals surface area contributed by atoms with Gasteiger partial charge < -0.3 is 0 Å². The van der Waals surface area contributed by atoms with E-state index in [-0.39, 0.29) is 6.04 Å². The van der Waals surface area contributed by atoms with Crippen molar-refractivity contribution in [3.63, 3.8) is 0 Å². The summed E-state index contributed by atoms with van der Waals surface area (Å²) >= 11 is 2.77. The van der Waals surface area contributed by atoms with Gasteiger partial charge in [-0.25, -0.2) is 0 Å². The summed E-state index contributed by atoms with van der Waals surface area (Å²) in [7, 11) is 0. The predicted octanol–water partition coefficient (Wildman–Crippen LogP) is 1.28. The molecule has 0 aromatic heterocycles. The third kappa shape index (κ3) is 1.52. The molecule has 0 aliphatic carbocycles. The monoisotopic (exact) mass is 226 g/mol. The zero-order valence-corrected chi connectivity index (χ0v) is 8.15. The van der Waals surface area contributed by atoms with Gasteiger partial charge in [0.2, 0.25) is 0 Å². The van der Waals surface area contributed by atoms with Gasteiger partial charge in [0.1, 0.15) is 0 Å². The molecule has 1 aromatic carbocycles. The van der Waals surface area contributed by atoms with E-state index < -0.39 is 0 Å². The Morgan fingerprint density at radius 2 is 2.08 bits per heavy atom. The van der Waals surface area contributed by atoms with Crippen LogP contribution in [0.2, 0.25) is 0 Å². The molecule has 12 heavy (non-hydrogen) atoms. The molecule has 0 saturated heterocycles. The van der Waals surface area contributed by atoms with Gasteiger partial charge in [0.15, 0.2) is 0 Å². The molecule has 1 aromatic rings. The molecule has 3 heteroatoms. The van der Waals surface area contributed by atoms with Crippen molar-refractivity contribution >= 4 is 20.8 Å². The van der Waals surface area contributed by atoms with E-state index in [0.717, 1.165) is 0 Å². The second-order valence-electron chi connectivity index (χ2n) is 2.63. The maximum absolute atomic E-state index is 5.21. The van der Waals surface area contributed by atoms with Crippen molar-refractivity contribution in [2.75, 3.05) is 6.61 Å². The summed E-state index contributed by atoms with van der Waals surface area (Å²) in [5.41, 5.74) is 1.21. The Kier molecular flexibility index (Phi) is 2.15. The number of benzene rings is 1. The number of hydrogen-bond donors (Lipinski definition) is 0.